The van der Waals surface area contributed by atoms with Crippen molar-refractivity contribution in [1.82, 2.24) is 5.32 Å². The normalized spacial score (nSPS) is 12.4. The second-order valence-electron chi connectivity index (χ2n) is 4.55. The van der Waals surface area contributed by atoms with Crippen LogP contribution in [0.25, 0.3) is 0 Å². The van der Waals surface area contributed by atoms with Crippen molar-refractivity contribution in [3.63, 3.8) is 0 Å². The van der Waals surface area contributed by atoms with E-state index in [0.717, 1.165) is 29.4 Å². The Hall–Kier alpha value is -1.03. The zero-order chi connectivity index (χ0) is 13.7. The van der Waals surface area contributed by atoms with Crippen molar-refractivity contribution >= 4 is 22.9 Å². The minimum atomic E-state index is 0.125. The van der Waals surface area contributed by atoms with Crippen LogP contribution in [0.3, 0.4) is 0 Å². The predicted octanol–water partition coefficient (Wildman–Crippen LogP) is 4.27. The van der Waals surface area contributed by atoms with Gasteiger partial charge in [0.2, 0.25) is 0 Å². The molecular weight excluding hydrogens is 278 g/mol. The van der Waals surface area contributed by atoms with Gasteiger partial charge in [0.1, 0.15) is 11.9 Å². The first kappa shape index (κ1) is 14.4. The number of hydrogen-bond donors (Lipinski definition) is 1. The maximum Gasteiger partial charge on any atom is 0.120 e. The molecule has 2 nitrogen and oxygen atoms in total. The lowest BCUT2D eigenvalue weighted by Gasteiger charge is -2.16. The third-order valence-electron chi connectivity index (χ3n) is 2.78. The molecule has 2 rings (SSSR count). The summed E-state index contributed by atoms with van der Waals surface area (Å²) in [6.07, 6.45) is 0.125. The minimum absolute atomic E-state index is 0.125. The van der Waals surface area contributed by atoms with Gasteiger partial charge in [0.05, 0.1) is 0 Å². The van der Waals surface area contributed by atoms with E-state index in [1.165, 1.54) is 4.88 Å². The Kier molecular flexibility index (Phi) is 5.25. The van der Waals surface area contributed by atoms with Gasteiger partial charge in [-0.2, -0.15) is 0 Å². The third-order valence-corrected chi connectivity index (χ3v) is 4.08. The van der Waals surface area contributed by atoms with Gasteiger partial charge in [-0.1, -0.05) is 17.7 Å². The molecule has 4 heteroatoms. The summed E-state index contributed by atoms with van der Waals surface area (Å²) in [4.78, 5) is 1.34. The highest BCUT2D eigenvalue weighted by molar-refractivity contribution is 7.09. The van der Waals surface area contributed by atoms with Crippen molar-refractivity contribution in [2.45, 2.75) is 26.5 Å². The van der Waals surface area contributed by atoms with Crippen LogP contribution in [0, 0.1) is 6.92 Å². The first-order valence-corrected chi connectivity index (χ1v) is 7.57. The molecule has 19 heavy (non-hydrogen) atoms. The van der Waals surface area contributed by atoms with Crippen LogP contribution in [-0.2, 0) is 6.54 Å². The van der Waals surface area contributed by atoms with Gasteiger partial charge >= 0.3 is 0 Å². The molecule has 0 spiro atoms. The zero-order valence-electron chi connectivity index (χ0n) is 11.2. The maximum absolute atomic E-state index is 5.99. The van der Waals surface area contributed by atoms with Gasteiger partial charge in [-0.15, -0.1) is 11.3 Å². The lowest BCUT2D eigenvalue weighted by atomic mass is 10.2. The van der Waals surface area contributed by atoms with Crippen LogP contribution < -0.4 is 10.1 Å². The van der Waals surface area contributed by atoms with E-state index in [-0.39, 0.29) is 6.10 Å². The highest BCUT2D eigenvalue weighted by atomic mass is 35.5. The van der Waals surface area contributed by atoms with E-state index in [9.17, 15) is 0 Å². The molecule has 0 saturated carbocycles. The van der Waals surface area contributed by atoms with Crippen molar-refractivity contribution in [1.29, 1.82) is 0 Å². The monoisotopic (exact) mass is 295 g/mol. The Morgan fingerprint density at radius 3 is 2.89 bits per heavy atom. The fourth-order valence-corrected chi connectivity index (χ4v) is 2.57. The molecule has 0 bridgehead atoms. The molecule has 0 radical (unpaired) electrons. The summed E-state index contributed by atoms with van der Waals surface area (Å²) >= 11 is 7.76. The summed E-state index contributed by atoms with van der Waals surface area (Å²) in [6, 6.07) is 9.95. The van der Waals surface area contributed by atoms with E-state index in [2.05, 4.69) is 29.8 Å². The SMILES string of the molecule is Cc1cc(OC(C)CNCc2cccs2)ccc1Cl. The molecule has 1 aromatic carbocycles. The molecule has 1 heterocycles. The molecule has 0 fully saturated rings. The van der Waals surface area contributed by atoms with E-state index in [1.807, 2.05) is 25.1 Å². The summed E-state index contributed by atoms with van der Waals surface area (Å²) in [6.45, 7) is 5.75. The van der Waals surface area contributed by atoms with Crippen LogP contribution in [0.2, 0.25) is 5.02 Å². The van der Waals surface area contributed by atoms with E-state index in [4.69, 9.17) is 16.3 Å². The molecule has 1 atom stereocenters. The van der Waals surface area contributed by atoms with Crippen LogP contribution in [0.4, 0.5) is 0 Å². The van der Waals surface area contributed by atoms with E-state index in [1.54, 1.807) is 11.3 Å². The summed E-state index contributed by atoms with van der Waals surface area (Å²) in [5.74, 6) is 0.868. The number of hydrogen-bond acceptors (Lipinski definition) is 3. The minimum Gasteiger partial charge on any atom is -0.489 e. The lowest BCUT2D eigenvalue weighted by molar-refractivity contribution is 0.217. The first-order valence-electron chi connectivity index (χ1n) is 6.31. The van der Waals surface area contributed by atoms with Crippen LogP contribution in [0.1, 0.15) is 17.4 Å². The molecule has 1 unspecified atom stereocenters. The molecule has 0 saturated heterocycles. The van der Waals surface area contributed by atoms with Gasteiger partial charge in [0.25, 0.3) is 0 Å². The maximum atomic E-state index is 5.99. The number of rotatable bonds is 6. The van der Waals surface area contributed by atoms with Gasteiger partial charge in [-0.05, 0) is 49.1 Å². The highest BCUT2D eigenvalue weighted by Gasteiger charge is 2.05. The molecule has 102 valence electrons. The molecule has 0 aliphatic carbocycles. The molecular formula is C15H18ClNOS. The quantitative estimate of drug-likeness (QED) is 0.859. The van der Waals surface area contributed by atoms with Crippen LogP contribution >= 0.6 is 22.9 Å². The first-order chi connectivity index (χ1) is 9.15. The number of thiophene rings is 1. The molecule has 0 aliphatic rings. The van der Waals surface area contributed by atoms with Crippen LogP contribution in [0.5, 0.6) is 5.75 Å². The topological polar surface area (TPSA) is 21.3 Å². The average Bonchev–Trinajstić information content (AvgIpc) is 2.87. The van der Waals surface area contributed by atoms with Crippen molar-refractivity contribution in [2.75, 3.05) is 6.54 Å². The molecule has 1 aromatic heterocycles. The fourth-order valence-electron chi connectivity index (χ4n) is 1.78. The van der Waals surface area contributed by atoms with Gasteiger partial charge < -0.3 is 10.1 Å². The van der Waals surface area contributed by atoms with E-state index >= 15 is 0 Å². The molecule has 2 aromatic rings. The Morgan fingerprint density at radius 2 is 2.21 bits per heavy atom. The Morgan fingerprint density at radius 1 is 1.37 bits per heavy atom. The molecule has 0 aliphatic heterocycles. The van der Waals surface area contributed by atoms with Crippen molar-refractivity contribution in [3.8, 4) is 5.75 Å². The Labute approximate surface area is 123 Å². The number of ether oxygens (including phenoxy) is 1. The molecule has 1 N–H and O–H groups in total. The number of benzene rings is 1. The second kappa shape index (κ2) is 6.94. The predicted molar refractivity (Wildman–Crippen MR) is 82.3 cm³/mol. The summed E-state index contributed by atoms with van der Waals surface area (Å²) < 4.78 is 5.85. The fraction of sp³-hybridized carbons (Fsp3) is 0.333. The van der Waals surface area contributed by atoms with E-state index < -0.39 is 0 Å². The van der Waals surface area contributed by atoms with Gasteiger partial charge in [-0.3, -0.25) is 0 Å². The average molecular weight is 296 g/mol. The number of aryl methyl sites for hydroxylation is 1. The summed E-state index contributed by atoms with van der Waals surface area (Å²) in [7, 11) is 0. The van der Waals surface area contributed by atoms with Gasteiger partial charge in [0, 0.05) is 23.0 Å². The summed E-state index contributed by atoms with van der Waals surface area (Å²) in [5.41, 5.74) is 1.04. The van der Waals surface area contributed by atoms with Gasteiger partial charge in [-0.25, -0.2) is 0 Å². The van der Waals surface area contributed by atoms with Gasteiger partial charge in [0.15, 0.2) is 0 Å². The Balaban J connectivity index is 1.77. The number of nitrogens with one attached hydrogen (secondary N) is 1. The summed E-state index contributed by atoms with van der Waals surface area (Å²) in [5, 5.41) is 6.26. The van der Waals surface area contributed by atoms with Crippen molar-refractivity contribution < 1.29 is 4.74 Å². The van der Waals surface area contributed by atoms with Crippen LogP contribution in [0.15, 0.2) is 35.7 Å². The largest absolute Gasteiger partial charge is 0.489 e. The second-order valence-corrected chi connectivity index (χ2v) is 5.99. The van der Waals surface area contributed by atoms with E-state index in [0.29, 0.717) is 0 Å². The smallest absolute Gasteiger partial charge is 0.120 e. The van der Waals surface area contributed by atoms with Crippen LogP contribution in [-0.4, -0.2) is 12.6 Å². The zero-order valence-corrected chi connectivity index (χ0v) is 12.7. The lowest BCUT2D eigenvalue weighted by Crippen LogP contribution is -2.28. The van der Waals surface area contributed by atoms with Crippen molar-refractivity contribution in [2.24, 2.45) is 0 Å². The van der Waals surface area contributed by atoms with Crippen molar-refractivity contribution in [3.05, 3.63) is 51.2 Å². The standard InChI is InChI=1S/C15H18ClNOS/c1-11-8-13(5-6-15(11)16)18-12(2)9-17-10-14-4-3-7-19-14/h3-8,12,17H,9-10H2,1-2H3. The Bertz CT molecular complexity index is 513. The third kappa shape index (κ3) is 4.53. The number of halogens is 1. The molecule has 0 amide bonds. The highest BCUT2D eigenvalue weighted by Crippen LogP contribution is 2.21.